The van der Waals surface area contributed by atoms with Gasteiger partial charge < -0.3 is 15.9 Å². The van der Waals surface area contributed by atoms with E-state index in [2.05, 4.69) is 20.3 Å². The molecule has 24 heavy (non-hydrogen) atoms. The number of aliphatic hydroxyl groups is 2. The second kappa shape index (κ2) is 5.59. The molecule has 0 unspecified atom stereocenters. The van der Waals surface area contributed by atoms with Crippen molar-refractivity contribution in [3.63, 3.8) is 0 Å². The van der Waals surface area contributed by atoms with Gasteiger partial charge in [-0.3, -0.25) is 9.78 Å². The first-order valence-corrected chi connectivity index (χ1v) is 7.51. The van der Waals surface area contributed by atoms with Gasteiger partial charge in [0, 0.05) is 23.3 Å². The van der Waals surface area contributed by atoms with Gasteiger partial charge in [-0.2, -0.15) is 10.2 Å². The van der Waals surface area contributed by atoms with Gasteiger partial charge >= 0.3 is 0 Å². The third kappa shape index (κ3) is 2.38. The van der Waals surface area contributed by atoms with Gasteiger partial charge in [-0.25, -0.2) is 4.98 Å². The van der Waals surface area contributed by atoms with Crippen molar-refractivity contribution in [1.82, 2.24) is 25.0 Å². The molecule has 0 fully saturated rings. The van der Waals surface area contributed by atoms with Crippen LogP contribution in [0.4, 0.5) is 5.82 Å². The number of aromatic nitrogens is 5. The van der Waals surface area contributed by atoms with Gasteiger partial charge in [0.05, 0.1) is 35.9 Å². The average molecular weight is 324 g/mol. The number of fused-ring (bicyclic) bond motifs is 3. The van der Waals surface area contributed by atoms with Crippen LogP contribution in [0.1, 0.15) is 0 Å². The molecule has 8 heteroatoms. The zero-order valence-electron chi connectivity index (χ0n) is 12.7. The highest BCUT2D eigenvalue weighted by atomic mass is 16.3. The number of anilines is 1. The van der Waals surface area contributed by atoms with Crippen LogP contribution in [0.15, 0.2) is 36.7 Å². The van der Waals surface area contributed by atoms with Crippen LogP contribution >= 0.6 is 0 Å². The Labute approximate surface area is 136 Å². The van der Waals surface area contributed by atoms with E-state index < -0.39 is 6.10 Å². The molecule has 0 aliphatic carbocycles. The molecule has 0 bridgehead atoms. The lowest BCUT2D eigenvalue weighted by atomic mass is 10.1. The summed E-state index contributed by atoms with van der Waals surface area (Å²) < 4.78 is 1.58. The Balaban J connectivity index is 1.87. The van der Waals surface area contributed by atoms with E-state index in [-0.39, 0.29) is 13.2 Å². The molecule has 0 aliphatic rings. The van der Waals surface area contributed by atoms with Crippen LogP contribution < -0.4 is 5.73 Å². The lowest BCUT2D eigenvalue weighted by Crippen LogP contribution is -2.19. The fourth-order valence-electron chi connectivity index (χ4n) is 2.77. The largest absolute Gasteiger partial charge is 0.394 e. The van der Waals surface area contributed by atoms with Gasteiger partial charge in [0.1, 0.15) is 11.3 Å². The number of nitrogens with two attached hydrogens (primary N) is 1. The van der Waals surface area contributed by atoms with Crippen molar-refractivity contribution in [3.8, 4) is 11.3 Å². The summed E-state index contributed by atoms with van der Waals surface area (Å²) in [6.45, 7) is -0.128. The molecule has 0 saturated carbocycles. The first-order valence-electron chi connectivity index (χ1n) is 7.51. The van der Waals surface area contributed by atoms with E-state index in [4.69, 9.17) is 10.8 Å². The Morgan fingerprint density at radius 1 is 1.25 bits per heavy atom. The summed E-state index contributed by atoms with van der Waals surface area (Å²) in [6, 6.07) is 7.73. The first kappa shape index (κ1) is 14.6. The Bertz CT molecular complexity index is 1010. The third-order valence-corrected chi connectivity index (χ3v) is 3.95. The SMILES string of the molecule is Nc1nc2cc(-c3ccn[nH]3)ccc2c2nn(C[C@@H](O)CO)cc12. The number of nitrogen functional groups attached to an aromatic ring is 1. The number of aromatic amines is 1. The van der Waals surface area contributed by atoms with E-state index in [1.807, 2.05) is 24.3 Å². The van der Waals surface area contributed by atoms with E-state index in [9.17, 15) is 5.11 Å². The van der Waals surface area contributed by atoms with E-state index in [1.165, 1.54) is 0 Å². The lowest BCUT2D eigenvalue weighted by molar-refractivity contribution is 0.0784. The quantitative estimate of drug-likeness (QED) is 0.442. The maximum Gasteiger partial charge on any atom is 0.135 e. The van der Waals surface area contributed by atoms with Crippen molar-refractivity contribution in [3.05, 3.63) is 36.7 Å². The van der Waals surface area contributed by atoms with Crippen LogP contribution in [0.2, 0.25) is 0 Å². The normalized spacial score (nSPS) is 12.9. The van der Waals surface area contributed by atoms with E-state index >= 15 is 0 Å². The molecule has 0 spiro atoms. The van der Waals surface area contributed by atoms with Crippen LogP contribution in [0.3, 0.4) is 0 Å². The van der Waals surface area contributed by atoms with Gasteiger partial charge in [0.2, 0.25) is 0 Å². The van der Waals surface area contributed by atoms with Crippen LogP contribution in [-0.2, 0) is 6.54 Å². The second-order valence-corrected chi connectivity index (χ2v) is 5.65. The van der Waals surface area contributed by atoms with Gasteiger partial charge in [0.15, 0.2) is 0 Å². The third-order valence-electron chi connectivity index (χ3n) is 3.95. The number of H-pyrrole nitrogens is 1. The Kier molecular flexibility index (Phi) is 3.40. The molecule has 122 valence electrons. The standard InChI is InChI=1S/C16H16N6O2/c17-16-12-7-22(6-10(24)8-23)21-15(12)11-2-1-9(5-14(11)19-16)13-3-4-18-20-13/h1-5,7,10,23-24H,6,8H2,(H2,17,19)(H,18,20)/t10-/m1/s1. The number of nitrogens with zero attached hydrogens (tertiary/aromatic N) is 4. The Hall–Kier alpha value is -2.97. The molecule has 4 rings (SSSR count). The number of hydrogen-bond acceptors (Lipinski definition) is 6. The molecule has 5 N–H and O–H groups in total. The summed E-state index contributed by atoms with van der Waals surface area (Å²) in [5.41, 5.74) is 9.39. The summed E-state index contributed by atoms with van der Waals surface area (Å²) in [6.07, 6.45) is 2.56. The number of hydrogen-bond donors (Lipinski definition) is 4. The second-order valence-electron chi connectivity index (χ2n) is 5.65. The number of aliphatic hydroxyl groups excluding tert-OH is 2. The smallest absolute Gasteiger partial charge is 0.135 e. The molecule has 1 aromatic carbocycles. The number of pyridine rings is 1. The minimum Gasteiger partial charge on any atom is -0.394 e. The van der Waals surface area contributed by atoms with Crippen molar-refractivity contribution >= 4 is 27.6 Å². The van der Waals surface area contributed by atoms with Gasteiger partial charge in [-0.15, -0.1) is 0 Å². The Morgan fingerprint density at radius 2 is 2.12 bits per heavy atom. The monoisotopic (exact) mass is 324 g/mol. The van der Waals surface area contributed by atoms with Crippen molar-refractivity contribution < 1.29 is 10.2 Å². The first-order chi connectivity index (χ1) is 11.7. The number of nitrogens with one attached hydrogen (secondary N) is 1. The maximum atomic E-state index is 9.59. The fraction of sp³-hybridized carbons (Fsp3) is 0.188. The van der Waals surface area contributed by atoms with Crippen LogP contribution in [-0.4, -0.2) is 47.9 Å². The highest BCUT2D eigenvalue weighted by Crippen LogP contribution is 2.29. The topological polar surface area (TPSA) is 126 Å². The van der Waals surface area contributed by atoms with Crippen molar-refractivity contribution in [2.24, 2.45) is 0 Å². The number of benzene rings is 1. The van der Waals surface area contributed by atoms with E-state index in [0.29, 0.717) is 5.82 Å². The highest BCUT2D eigenvalue weighted by Gasteiger charge is 2.13. The summed E-state index contributed by atoms with van der Waals surface area (Å²) in [4.78, 5) is 4.47. The molecule has 4 aromatic rings. The zero-order chi connectivity index (χ0) is 16.7. The molecular weight excluding hydrogens is 308 g/mol. The summed E-state index contributed by atoms with van der Waals surface area (Å²) >= 11 is 0. The lowest BCUT2D eigenvalue weighted by Gasteiger charge is -2.05. The summed E-state index contributed by atoms with van der Waals surface area (Å²) in [7, 11) is 0. The summed E-state index contributed by atoms with van der Waals surface area (Å²) in [5, 5.41) is 31.5. The average Bonchev–Trinajstić information content (AvgIpc) is 3.24. The molecule has 0 amide bonds. The molecule has 8 nitrogen and oxygen atoms in total. The van der Waals surface area contributed by atoms with Crippen LogP contribution in [0, 0.1) is 0 Å². The molecule has 1 atom stereocenters. The van der Waals surface area contributed by atoms with Crippen LogP contribution in [0.5, 0.6) is 0 Å². The van der Waals surface area contributed by atoms with E-state index in [1.54, 1.807) is 17.1 Å². The van der Waals surface area contributed by atoms with Crippen LogP contribution in [0.25, 0.3) is 33.1 Å². The van der Waals surface area contributed by atoms with Gasteiger partial charge in [-0.1, -0.05) is 6.07 Å². The van der Waals surface area contributed by atoms with E-state index in [0.717, 1.165) is 33.1 Å². The maximum absolute atomic E-state index is 9.59. The highest BCUT2D eigenvalue weighted by molar-refractivity contribution is 6.08. The predicted molar refractivity (Wildman–Crippen MR) is 90.1 cm³/mol. The molecular formula is C16H16N6O2. The molecule has 0 saturated heterocycles. The van der Waals surface area contributed by atoms with Crippen molar-refractivity contribution in [2.45, 2.75) is 12.6 Å². The predicted octanol–water partition coefficient (Wildman–Crippen LogP) is 0.910. The summed E-state index contributed by atoms with van der Waals surface area (Å²) in [5.74, 6) is 0.379. The minimum absolute atomic E-state index is 0.193. The van der Waals surface area contributed by atoms with Crippen molar-refractivity contribution in [1.29, 1.82) is 0 Å². The van der Waals surface area contributed by atoms with Gasteiger partial charge in [0.25, 0.3) is 0 Å². The molecule has 0 radical (unpaired) electrons. The Morgan fingerprint density at radius 3 is 2.88 bits per heavy atom. The minimum atomic E-state index is -0.869. The molecule has 3 aromatic heterocycles. The zero-order valence-corrected chi connectivity index (χ0v) is 12.7. The van der Waals surface area contributed by atoms with Crippen molar-refractivity contribution in [2.75, 3.05) is 12.3 Å². The fourth-order valence-corrected chi connectivity index (χ4v) is 2.77. The van der Waals surface area contributed by atoms with Gasteiger partial charge in [-0.05, 0) is 18.2 Å². The molecule has 0 aliphatic heterocycles. The molecule has 3 heterocycles. The number of rotatable bonds is 4.